The van der Waals surface area contributed by atoms with E-state index in [2.05, 4.69) is 36.6 Å². The minimum Gasteiger partial charge on any atom is -0.481 e. The summed E-state index contributed by atoms with van der Waals surface area (Å²) in [6, 6.07) is 6.44. The quantitative estimate of drug-likeness (QED) is 0.875. The summed E-state index contributed by atoms with van der Waals surface area (Å²) in [7, 11) is 0. The molecule has 1 amide bonds. The van der Waals surface area contributed by atoms with Gasteiger partial charge in [0.25, 0.3) is 5.91 Å². The monoisotopic (exact) mass is 290 g/mol. The van der Waals surface area contributed by atoms with E-state index >= 15 is 0 Å². The van der Waals surface area contributed by atoms with Gasteiger partial charge >= 0.3 is 0 Å². The van der Waals surface area contributed by atoms with Gasteiger partial charge in [-0.1, -0.05) is 26.0 Å². The molecule has 2 unspecified atom stereocenters. The summed E-state index contributed by atoms with van der Waals surface area (Å²) in [6.45, 7) is 9.93. The van der Waals surface area contributed by atoms with Crippen LogP contribution in [0, 0.1) is 6.92 Å². The van der Waals surface area contributed by atoms with Gasteiger partial charge in [0.15, 0.2) is 6.10 Å². The van der Waals surface area contributed by atoms with Crippen LogP contribution in [0.4, 0.5) is 0 Å². The molecule has 1 heterocycles. The van der Waals surface area contributed by atoms with Crippen LogP contribution in [0.25, 0.3) is 0 Å². The van der Waals surface area contributed by atoms with Crippen molar-refractivity contribution >= 4 is 5.91 Å². The highest BCUT2D eigenvalue weighted by Crippen LogP contribution is 2.25. The topological polar surface area (TPSA) is 50.4 Å². The van der Waals surface area contributed by atoms with Gasteiger partial charge in [-0.05, 0) is 49.9 Å². The van der Waals surface area contributed by atoms with Crippen LogP contribution in [0.1, 0.15) is 44.2 Å². The number of rotatable bonds is 5. The number of nitrogens with one attached hydrogen (secondary N) is 2. The Balaban J connectivity index is 1.99. The molecule has 0 aromatic heterocycles. The normalized spacial score (nSPS) is 19.6. The van der Waals surface area contributed by atoms with Gasteiger partial charge in [-0.2, -0.15) is 0 Å². The van der Waals surface area contributed by atoms with E-state index in [1.165, 1.54) is 5.56 Å². The first-order valence-corrected chi connectivity index (χ1v) is 7.75. The second kappa shape index (κ2) is 6.94. The van der Waals surface area contributed by atoms with Crippen LogP contribution in [-0.2, 0) is 4.79 Å². The molecule has 4 heteroatoms. The molecule has 1 fully saturated rings. The van der Waals surface area contributed by atoms with Crippen molar-refractivity contribution in [1.82, 2.24) is 10.6 Å². The summed E-state index contributed by atoms with van der Waals surface area (Å²) in [5.41, 5.74) is 2.28. The lowest BCUT2D eigenvalue weighted by atomic mass is 10.0. The minimum atomic E-state index is -0.480. The van der Waals surface area contributed by atoms with Gasteiger partial charge in [0.1, 0.15) is 5.75 Å². The molecule has 0 spiro atoms. The first-order valence-electron chi connectivity index (χ1n) is 7.75. The zero-order valence-corrected chi connectivity index (χ0v) is 13.4. The number of aryl methyl sites for hydroxylation is 1. The van der Waals surface area contributed by atoms with E-state index in [4.69, 9.17) is 4.74 Å². The molecular formula is C17H26N2O2. The highest BCUT2D eigenvalue weighted by molar-refractivity contribution is 5.81. The molecule has 2 N–H and O–H groups in total. The first-order chi connectivity index (χ1) is 9.97. The van der Waals surface area contributed by atoms with Crippen LogP contribution in [-0.4, -0.2) is 31.1 Å². The Morgan fingerprint density at radius 1 is 1.38 bits per heavy atom. The summed E-state index contributed by atoms with van der Waals surface area (Å²) < 4.78 is 5.88. The highest BCUT2D eigenvalue weighted by Gasteiger charge is 2.22. The van der Waals surface area contributed by atoms with Gasteiger partial charge in [0, 0.05) is 12.6 Å². The van der Waals surface area contributed by atoms with E-state index in [-0.39, 0.29) is 11.9 Å². The third-order valence-corrected chi connectivity index (χ3v) is 3.96. The van der Waals surface area contributed by atoms with Gasteiger partial charge in [-0.15, -0.1) is 0 Å². The average Bonchev–Trinajstić information content (AvgIpc) is 2.93. The zero-order valence-electron chi connectivity index (χ0n) is 13.4. The molecule has 4 nitrogen and oxygen atoms in total. The molecule has 1 aromatic carbocycles. The zero-order chi connectivity index (χ0) is 15.4. The van der Waals surface area contributed by atoms with Crippen molar-refractivity contribution in [1.29, 1.82) is 0 Å². The number of amides is 1. The maximum atomic E-state index is 12.2. The number of ether oxygens (including phenoxy) is 1. The van der Waals surface area contributed by atoms with Crippen molar-refractivity contribution in [3.8, 4) is 5.75 Å². The molecule has 2 rings (SSSR count). The number of carbonyl (C=O) groups excluding carboxylic acids is 1. The van der Waals surface area contributed by atoms with E-state index in [1.54, 1.807) is 6.92 Å². The summed E-state index contributed by atoms with van der Waals surface area (Å²) in [5.74, 6) is 1.20. The molecule has 116 valence electrons. The average molecular weight is 290 g/mol. The van der Waals surface area contributed by atoms with Gasteiger partial charge in [0.2, 0.25) is 0 Å². The van der Waals surface area contributed by atoms with Crippen LogP contribution in [0.15, 0.2) is 18.2 Å². The minimum absolute atomic E-state index is 0.0435. The Hall–Kier alpha value is -1.55. The second-order valence-electron chi connectivity index (χ2n) is 6.14. The van der Waals surface area contributed by atoms with Crippen molar-refractivity contribution in [2.24, 2.45) is 0 Å². The van der Waals surface area contributed by atoms with Crippen molar-refractivity contribution in [2.45, 2.75) is 52.2 Å². The molecule has 1 saturated heterocycles. The second-order valence-corrected chi connectivity index (χ2v) is 6.14. The lowest BCUT2D eigenvalue weighted by molar-refractivity contribution is -0.127. The maximum absolute atomic E-state index is 12.2. The Labute approximate surface area is 127 Å². The molecule has 1 aromatic rings. The van der Waals surface area contributed by atoms with Crippen LogP contribution < -0.4 is 15.4 Å². The highest BCUT2D eigenvalue weighted by atomic mass is 16.5. The Morgan fingerprint density at radius 2 is 2.14 bits per heavy atom. The van der Waals surface area contributed by atoms with E-state index in [1.807, 2.05) is 13.0 Å². The summed E-state index contributed by atoms with van der Waals surface area (Å²) in [6.07, 6.45) is 0.507. The Bertz CT molecular complexity index is 494. The number of benzene rings is 1. The van der Waals surface area contributed by atoms with Crippen molar-refractivity contribution in [2.75, 3.05) is 13.1 Å². The van der Waals surface area contributed by atoms with Crippen molar-refractivity contribution < 1.29 is 9.53 Å². The molecule has 0 aliphatic carbocycles. The standard InChI is InChI=1S/C17H26N2O2/c1-11(2)14-6-5-12(3)16(9-14)21-13(4)17(20)19-15-7-8-18-10-15/h5-6,9,11,13,15,18H,7-8,10H2,1-4H3,(H,19,20). The third-order valence-electron chi connectivity index (χ3n) is 3.96. The molecule has 2 atom stereocenters. The van der Waals surface area contributed by atoms with E-state index in [0.717, 1.165) is 30.8 Å². The molecule has 0 radical (unpaired) electrons. The van der Waals surface area contributed by atoms with Crippen molar-refractivity contribution in [3.63, 3.8) is 0 Å². The summed E-state index contributed by atoms with van der Waals surface area (Å²) in [4.78, 5) is 12.2. The molecular weight excluding hydrogens is 264 g/mol. The van der Waals surface area contributed by atoms with Gasteiger partial charge in [0.05, 0.1) is 0 Å². The van der Waals surface area contributed by atoms with Crippen molar-refractivity contribution in [3.05, 3.63) is 29.3 Å². The Morgan fingerprint density at radius 3 is 2.76 bits per heavy atom. The molecule has 1 aliphatic rings. The third kappa shape index (κ3) is 4.21. The lowest BCUT2D eigenvalue weighted by Gasteiger charge is -2.19. The SMILES string of the molecule is Cc1ccc(C(C)C)cc1OC(C)C(=O)NC1CCNC1. The van der Waals surface area contributed by atoms with Crippen LogP contribution >= 0.6 is 0 Å². The van der Waals surface area contributed by atoms with Gasteiger partial charge < -0.3 is 15.4 Å². The maximum Gasteiger partial charge on any atom is 0.261 e. The lowest BCUT2D eigenvalue weighted by Crippen LogP contribution is -2.43. The first kappa shape index (κ1) is 15.8. The summed E-state index contributed by atoms with van der Waals surface area (Å²) >= 11 is 0. The number of carbonyl (C=O) groups is 1. The van der Waals surface area contributed by atoms with Crippen LogP contribution in [0.5, 0.6) is 5.75 Å². The molecule has 0 bridgehead atoms. The van der Waals surface area contributed by atoms with Gasteiger partial charge in [-0.25, -0.2) is 0 Å². The fraction of sp³-hybridized carbons (Fsp3) is 0.588. The Kier molecular flexibility index (Phi) is 5.23. The van der Waals surface area contributed by atoms with E-state index < -0.39 is 6.10 Å². The largest absolute Gasteiger partial charge is 0.481 e. The van der Waals surface area contributed by atoms with Crippen LogP contribution in [0.3, 0.4) is 0 Å². The molecule has 21 heavy (non-hydrogen) atoms. The fourth-order valence-corrected chi connectivity index (χ4v) is 2.44. The predicted molar refractivity (Wildman–Crippen MR) is 84.8 cm³/mol. The van der Waals surface area contributed by atoms with E-state index in [0.29, 0.717) is 5.92 Å². The number of hydrogen-bond donors (Lipinski definition) is 2. The predicted octanol–water partition coefficient (Wildman–Crippen LogP) is 2.36. The van der Waals surface area contributed by atoms with Gasteiger partial charge in [-0.3, -0.25) is 4.79 Å². The smallest absolute Gasteiger partial charge is 0.261 e. The van der Waals surface area contributed by atoms with Crippen LogP contribution in [0.2, 0.25) is 0 Å². The summed E-state index contributed by atoms with van der Waals surface area (Å²) in [5, 5.41) is 6.27. The molecule has 0 saturated carbocycles. The fourth-order valence-electron chi connectivity index (χ4n) is 2.44. The molecule has 1 aliphatic heterocycles. The number of hydrogen-bond acceptors (Lipinski definition) is 3. The van der Waals surface area contributed by atoms with E-state index in [9.17, 15) is 4.79 Å².